The molecule has 64 valence electrons. The fraction of sp³-hybridized carbons (Fsp3) is 0. The molecule has 0 fully saturated rings. The van der Waals surface area contributed by atoms with Gasteiger partial charge >= 0.3 is 5.97 Å². The maximum atomic E-state index is 10.6. The lowest BCUT2D eigenvalue weighted by atomic mass is 10.2. The Balaban J connectivity index is 3.33. The molecule has 0 saturated heterocycles. The van der Waals surface area contributed by atoms with E-state index in [1.54, 1.807) is 12.1 Å². The molecule has 0 heterocycles. The molecular weight excluding hydrogens is 450 g/mol. The molecule has 0 atom stereocenters. The number of carboxylic acids is 1. The van der Waals surface area contributed by atoms with Gasteiger partial charge in [-0.05, 0) is 73.2 Å². The predicted octanol–water partition coefficient (Wildman–Crippen LogP) is 3.36. The second-order valence-electron chi connectivity index (χ2n) is 2.05. The van der Waals surface area contributed by atoms with Crippen molar-refractivity contribution < 1.29 is 9.90 Å². The molecule has 0 amide bonds. The smallest absolute Gasteiger partial charge is 0.336 e. The highest BCUT2D eigenvalue weighted by Crippen LogP contribution is 2.24. The van der Waals surface area contributed by atoms with E-state index >= 15 is 0 Å². The summed E-state index contributed by atoms with van der Waals surface area (Å²) in [4.78, 5) is 10.6. The van der Waals surface area contributed by atoms with Crippen LogP contribution in [-0.4, -0.2) is 11.1 Å². The van der Waals surface area contributed by atoms with Crippen LogP contribution in [-0.2, 0) is 0 Å². The lowest BCUT2D eigenvalue weighted by molar-refractivity contribution is 0.0696. The van der Waals surface area contributed by atoms with E-state index in [4.69, 9.17) is 5.11 Å². The Bertz CT molecular complexity index is 338. The third kappa shape index (κ3) is 2.32. The summed E-state index contributed by atoms with van der Waals surface area (Å²) in [5, 5.41) is 8.75. The van der Waals surface area contributed by atoms with Crippen LogP contribution in [0.1, 0.15) is 10.4 Å². The number of halogens is 3. The van der Waals surface area contributed by atoms with E-state index in [9.17, 15) is 4.79 Å². The number of carbonyl (C=O) groups is 1. The molecule has 0 saturated carbocycles. The molecule has 2 nitrogen and oxygen atoms in total. The summed E-state index contributed by atoms with van der Waals surface area (Å²) in [5.74, 6) is -0.906. The number of hydrogen-bond acceptors (Lipinski definition) is 1. The molecule has 1 N–H and O–H groups in total. The fourth-order valence-electron chi connectivity index (χ4n) is 0.686. The first-order valence-electron chi connectivity index (χ1n) is 2.90. The van der Waals surface area contributed by atoms with E-state index in [1.807, 2.05) is 0 Å². The first-order valence-corrected chi connectivity index (χ1v) is 5.85. The Kier molecular flexibility index (Phi) is 3.77. The molecule has 0 spiro atoms. The third-order valence-corrected chi connectivity index (χ3v) is 4.71. The zero-order valence-electron chi connectivity index (χ0n) is 5.64. The average molecular weight is 453 g/mol. The van der Waals surface area contributed by atoms with Crippen molar-refractivity contribution in [1.29, 1.82) is 0 Å². The molecule has 0 aliphatic heterocycles. The van der Waals surface area contributed by atoms with Crippen molar-refractivity contribution in [2.45, 2.75) is 0 Å². The van der Waals surface area contributed by atoms with Crippen molar-refractivity contribution >= 4 is 67.1 Å². The van der Waals surface area contributed by atoms with Crippen molar-refractivity contribution in [3.05, 3.63) is 29.3 Å². The largest absolute Gasteiger partial charge is 0.478 e. The summed E-state index contributed by atoms with van der Waals surface area (Å²) in [7, 11) is 0. The molecule has 0 aliphatic carbocycles. The number of carboxylic acid groups (broad SMARTS) is 1. The molecule has 0 aliphatic rings. The number of hydrogen-bond donors (Lipinski definition) is 1. The number of aromatic carboxylic acids is 1. The minimum absolute atomic E-state index is 0.305. The normalized spacial score (nSPS) is 9.92. The molecule has 0 radical (unpaired) electrons. The van der Waals surface area contributed by atoms with Gasteiger partial charge in [-0.3, -0.25) is 0 Å². The van der Waals surface area contributed by atoms with Gasteiger partial charge in [-0.2, -0.15) is 0 Å². The van der Waals surface area contributed by atoms with Gasteiger partial charge in [-0.25, -0.2) is 4.79 Å². The van der Waals surface area contributed by atoms with Gasteiger partial charge in [0.2, 0.25) is 0 Å². The topological polar surface area (TPSA) is 37.3 Å². The molecule has 0 unspecified atom stereocenters. The fourth-order valence-corrected chi connectivity index (χ4v) is 2.56. The van der Waals surface area contributed by atoms with E-state index in [2.05, 4.69) is 61.1 Å². The lowest BCUT2D eigenvalue weighted by Crippen LogP contribution is -1.99. The second kappa shape index (κ2) is 4.23. The molecule has 1 aromatic rings. The van der Waals surface area contributed by atoms with Crippen molar-refractivity contribution in [2.75, 3.05) is 0 Å². The number of rotatable bonds is 1. The number of benzene rings is 1. The Morgan fingerprint density at radius 2 is 1.83 bits per heavy atom. The molecule has 5 heteroatoms. The first-order chi connectivity index (χ1) is 5.52. The van der Waals surface area contributed by atoms with Crippen molar-refractivity contribution in [3.8, 4) is 0 Å². The Labute approximate surface area is 105 Å². The van der Waals surface area contributed by atoms with Gasteiger partial charge in [0.15, 0.2) is 0 Å². The standard InChI is InChI=1S/C7H3BrI2O2/c8-4-2-6(10)5(9)1-3(4)7(11)12/h1-2H,(H,11,12). The summed E-state index contributed by atoms with van der Waals surface area (Å²) in [6, 6.07) is 3.44. The molecular formula is C7H3BrI2O2. The quantitative estimate of drug-likeness (QED) is 0.524. The van der Waals surface area contributed by atoms with E-state index in [0.29, 0.717) is 10.0 Å². The van der Waals surface area contributed by atoms with Crippen molar-refractivity contribution in [3.63, 3.8) is 0 Å². The maximum Gasteiger partial charge on any atom is 0.336 e. The summed E-state index contributed by atoms with van der Waals surface area (Å²) in [6.45, 7) is 0. The van der Waals surface area contributed by atoms with E-state index in [1.165, 1.54) is 0 Å². The summed E-state index contributed by atoms with van der Waals surface area (Å²) < 4.78 is 2.62. The van der Waals surface area contributed by atoms with Gasteiger partial charge in [-0.1, -0.05) is 0 Å². The van der Waals surface area contributed by atoms with Crippen LogP contribution < -0.4 is 0 Å². The van der Waals surface area contributed by atoms with Crippen LogP contribution in [0, 0.1) is 7.14 Å². The maximum absolute atomic E-state index is 10.6. The van der Waals surface area contributed by atoms with E-state index in [-0.39, 0.29) is 0 Å². The van der Waals surface area contributed by atoms with Crippen LogP contribution in [0.4, 0.5) is 0 Å². The van der Waals surface area contributed by atoms with Crippen LogP contribution in [0.5, 0.6) is 0 Å². The highest BCUT2D eigenvalue weighted by atomic mass is 127. The van der Waals surface area contributed by atoms with Gasteiger partial charge in [0.25, 0.3) is 0 Å². The summed E-state index contributed by atoms with van der Waals surface area (Å²) >= 11 is 7.46. The van der Waals surface area contributed by atoms with Gasteiger partial charge in [0.1, 0.15) is 0 Å². The highest BCUT2D eigenvalue weighted by molar-refractivity contribution is 14.1. The first kappa shape index (κ1) is 10.7. The highest BCUT2D eigenvalue weighted by Gasteiger charge is 2.10. The SMILES string of the molecule is O=C(O)c1cc(I)c(I)cc1Br. The summed E-state index contributed by atoms with van der Waals surface area (Å²) in [6.07, 6.45) is 0. The minimum atomic E-state index is -0.906. The molecule has 12 heavy (non-hydrogen) atoms. The van der Waals surface area contributed by atoms with E-state index < -0.39 is 5.97 Å². The molecule has 1 rings (SSSR count). The second-order valence-corrected chi connectivity index (χ2v) is 5.23. The van der Waals surface area contributed by atoms with Gasteiger partial charge < -0.3 is 5.11 Å². The Morgan fingerprint density at radius 1 is 1.33 bits per heavy atom. The summed E-state index contributed by atoms with van der Waals surface area (Å²) in [5.41, 5.74) is 0.305. The monoisotopic (exact) mass is 452 g/mol. The zero-order chi connectivity index (χ0) is 9.30. The van der Waals surface area contributed by atoms with E-state index in [0.717, 1.165) is 7.14 Å². The van der Waals surface area contributed by atoms with Crippen molar-refractivity contribution in [1.82, 2.24) is 0 Å². The van der Waals surface area contributed by atoms with Gasteiger partial charge in [0.05, 0.1) is 5.56 Å². The van der Waals surface area contributed by atoms with Crippen LogP contribution in [0.25, 0.3) is 0 Å². The lowest BCUT2D eigenvalue weighted by Gasteiger charge is -2.01. The van der Waals surface area contributed by atoms with Gasteiger partial charge in [0, 0.05) is 11.6 Å². The Hall–Kier alpha value is 0.630. The predicted molar refractivity (Wildman–Crippen MR) is 66.5 cm³/mol. The Morgan fingerprint density at radius 3 is 2.33 bits per heavy atom. The molecule has 0 aromatic heterocycles. The third-order valence-electron chi connectivity index (χ3n) is 1.24. The zero-order valence-corrected chi connectivity index (χ0v) is 11.5. The molecule has 1 aromatic carbocycles. The molecule has 0 bridgehead atoms. The van der Waals surface area contributed by atoms with Crippen molar-refractivity contribution in [2.24, 2.45) is 0 Å². The van der Waals surface area contributed by atoms with Gasteiger partial charge in [-0.15, -0.1) is 0 Å². The van der Waals surface area contributed by atoms with Crippen LogP contribution in [0.15, 0.2) is 16.6 Å². The van der Waals surface area contributed by atoms with Crippen LogP contribution in [0.3, 0.4) is 0 Å². The average Bonchev–Trinajstić information content (AvgIpc) is 1.96. The van der Waals surface area contributed by atoms with Crippen LogP contribution >= 0.6 is 61.1 Å². The minimum Gasteiger partial charge on any atom is -0.478 e. The van der Waals surface area contributed by atoms with Crippen LogP contribution in [0.2, 0.25) is 0 Å².